The molecule has 0 bridgehead atoms. The van der Waals surface area contributed by atoms with Gasteiger partial charge in [-0.15, -0.1) is 0 Å². The fraction of sp³-hybridized carbons (Fsp3) is 0.889. The van der Waals surface area contributed by atoms with Crippen LogP contribution < -0.4 is 0 Å². The van der Waals surface area contributed by atoms with E-state index in [2.05, 4.69) is 9.80 Å². The first-order chi connectivity index (χ1) is 11.7. The maximum Gasteiger partial charge on any atom is 0.320 e. The van der Waals surface area contributed by atoms with Gasteiger partial charge in [0.2, 0.25) is 0 Å². The maximum absolute atomic E-state index is 11.7. The average Bonchev–Trinajstić information content (AvgIpc) is 2.60. The zero-order valence-corrected chi connectivity index (χ0v) is 14.8. The van der Waals surface area contributed by atoms with E-state index in [0.717, 1.165) is 39.0 Å². The summed E-state index contributed by atoms with van der Waals surface area (Å²) in [5.74, 6) is -0.280. The van der Waals surface area contributed by atoms with Gasteiger partial charge in [-0.2, -0.15) is 0 Å². The topological polar surface area (TPSA) is 59.1 Å². The van der Waals surface area contributed by atoms with E-state index in [4.69, 9.17) is 9.47 Å². The summed E-state index contributed by atoms with van der Waals surface area (Å²) >= 11 is 0. The Morgan fingerprint density at radius 3 is 1.38 bits per heavy atom. The molecular formula is C18H32N2O4. The van der Waals surface area contributed by atoms with Crippen LogP contribution in [0.4, 0.5) is 0 Å². The Kier molecular flexibility index (Phi) is 9.13. The molecule has 0 aromatic heterocycles. The van der Waals surface area contributed by atoms with Gasteiger partial charge in [-0.3, -0.25) is 19.4 Å². The molecule has 0 amide bonds. The second-order valence-electron chi connectivity index (χ2n) is 6.82. The fourth-order valence-electron chi connectivity index (χ4n) is 3.27. The summed E-state index contributed by atoms with van der Waals surface area (Å²) in [4.78, 5) is 27.8. The Labute approximate surface area is 145 Å². The standard InChI is InChI=1S/C18H32N2O4/c21-17(15-19-9-3-1-4-10-19)23-13-7-8-14-24-18(22)16-20-11-5-2-6-12-20/h1-16H2. The van der Waals surface area contributed by atoms with Gasteiger partial charge in [0, 0.05) is 0 Å². The van der Waals surface area contributed by atoms with E-state index in [1.807, 2.05) is 0 Å². The SMILES string of the molecule is O=C(CN1CCCCC1)OCCCCOC(=O)CN1CCCCC1. The summed E-state index contributed by atoms with van der Waals surface area (Å²) in [5, 5.41) is 0. The smallest absolute Gasteiger partial charge is 0.320 e. The number of ether oxygens (including phenoxy) is 2. The summed E-state index contributed by atoms with van der Waals surface area (Å²) < 4.78 is 10.5. The number of hydrogen-bond acceptors (Lipinski definition) is 6. The fourth-order valence-corrected chi connectivity index (χ4v) is 3.27. The first-order valence-corrected chi connectivity index (χ1v) is 9.50. The Hall–Kier alpha value is -1.14. The predicted octanol–water partition coefficient (Wildman–Crippen LogP) is 1.82. The summed E-state index contributed by atoms with van der Waals surface area (Å²) in [5.41, 5.74) is 0. The van der Waals surface area contributed by atoms with Crippen molar-refractivity contribution in [1.29, 1.82) is 0 Å². The number of carbonyl (C=O) groups is 2. The van der Waals surface area contributed by atoms with Gasteiger partial charge in [-0.05, 0) is 64.7 Å². The Morgan fingerprint density at radius 1 is 0.625 bits per heavy atom. The van der Waals surface area contributed by atoms with Crippen molar-refractivity contribution in [3.8, 4) is 0 Å². The summed E-state index contributed by atoms with van der Waals surface area (Å²) in [6, 6.07) is 0. The molecule has 0 radical (unpaired) electrons. The van der Waals surface area contributed by atoms with Crippen molar-refractivity contribution in [2.45, 2.75) is 51.4 Å². The minimum atomic E-state index is -0.140. The first-order valence-electron chi connectivity index (χ1n) is 9.50. The second-order valence-corrected chi connectivity index (χ2v) is 6.82. The summed E-state index contributed by atoms with van der Waals surface area (Å²) in [7, 11) is 0. The molecule has 0 aliphatic carbocycles. The number of carbonyl (C=O) groups excluding carboxylic acids is 2. The molecule has 0 spiro atoms. The first kappa shape index (κ1) is 19.2. The van der Waals surface area contributed by atoms with E-state index in [1.165, 1.54) is 38.5 Å². The molecule has 0 N–H and O–H groups in total. The molecule has 2 fully saturated rings. The van der Waals surface area contributed by atoms with E-state index in [-0.39, 0.29) is 11.9 Å². The van der Waals surface area contributed by atoms with E-state index in [1.54, 1.807) is 0 Å². The molecule has 2 rings (SSSR count). The molecule has 0 atom stereocenters. The van der Waals surface area contributed by atoms with Crippen LogP contribution in [0.5, 0.6) is 0 Å². The van der Waals surface area contributed by atoms with Crippen LogP contribution in [0.15, 0.2) is 0 Å². The van der Waals surface area contributed by atoms with Gasteiger partial charge in [0.05, 0.1) is 26.3 Å². The molecule has 138 valence electrons. The maximum atomic E-state index is 11.7. The number of rotatable bonds is 9. The third-order valence-electron chi connectivity index (χ3n) is 4.67. The molecule has 0 aromatic carbocycles. The van der Waals surface area contributed by atoms with E-state index < -0.39 is 0 Å². The lowest BCUT2D eigenvalue weighted by Crippen LogP contribution is -2.35. The van der Waals surface area contributed by atoms with Gasteiger partial charge >= 0.3 is 11.9 Å². The van der Waals surface area contributed by atoms with Crippen molar-refractivity contribution in [3.05, 3.63) is 0 Å². The van der Waals surface area contributed by atoms with Gasteiger partial charge in [0.1, 0.15) is 0 Å². The quantitative estimate of drug-likeness (QED) is 0.471. The number of likely N-dealkylation sites (tertiary alicyclic amines) is 2. The largest absolute Gasteiger partial charge is 0.465 e. The molecule has 0 unspecified atom stereocenters. The summed E-state index contributed by atoms with van der Waals surface area (Å²) in [6.45, 7) is 5.65. The van der Waals surface area contributed by atoms with Crippen LogP contribution in [0.2, 0.25) is 0 Å². The van der Waals surface area contributed by atoms with Crippen LogP contribution in [0, 0.1) is 0 Å². The van der Waals surface area contributed by atoms with Crippen molar-refractivity contribution in [2.24, 2.45) is 0 Å². The van der Waals surface area contributed by atoms with E-state index in [9.17, 15) is 9.59 Å². The molecule has 0 aromatic rings. The van der Waals surface area contributed by atoms with Crippen LogP contribution in [0.3, 0.4) is 0 Å². The zero-order chi connectivity index (χ0) is 17.0. The average molecular weight is 340 g/mol. The molecule has 2 saturated heterocycles. The van der Waals surface area contributed by atoms with Crippen molar-refractivity contribution in [2.75, 3.05) is 52.5 Å². The lowest BCUT2D eigenvalue weighted by atomic mass is 10.1. The normalized spacial score (nSPS) is 19.8. The van der Waals surface area contributed by atoms with Crippen LogP contribution in [-0.2, 0) is 19.1 Å². The molecular weight excluding hydrogens is 308 g/mol. The van der Waals surface area contributed by atoms with Gasteiger partial charge in [0.15, 0.2) is 0 Å². The van der Waals surface area contributed by atoms with Crippen LogP contribution >= 0.6 is 0 Å². The molecule has 6 nitrogen and oxygen atoms in total. The van der Waals surface area contributed by atoms with Gasteiger partial charge in [-0.25, -0.2) is 0 Å². The molecule has 2 heterocycles. The Balaban J connectivity index is 1.41. The van der Waals surface area contributed by atoms with Gasteiger partial charge in [-0.1, -0.05) is 12.8 Å². The van der Waals surface area contributed by atoms with Crippen molar-refractivity contribution >= 4 is 11.9 Å². The minimum Gasteiger partial charge on any atom is -0.465 e. The molecule has 2 aliphatic rings. The highest BCUT2D eigenvalue weighted by Crippen LogP contribution is 2.09. The van der Waals surface area contributed by atoms with Gasteiger partial charge in [0.25, 0.3) is 0 Å². The lowest BCUT2D eigenvalue weighted by Gasteiger charge is -2.25. The third-order valence-corrected chi connectivity index (χ3v) is 4.67. The minimum absolute atomic E-state index is 0.140. The predicted molar refractivity (Wildman–Crippen MR) is 91.7 cm³/mol. The number of unbranched alkanes of at least 4 members (excludes halogenated alkanes) is 1. The Morgan fingerprint density at radius 2 is 1.00 bits per heavy atom. The zero-order valence-electron chi connectivity index (χ0n) is 14.8. The monoisotopic (exact) mass is 340 g/mol. The second kappa shape index (κ2) is 11.4. The number of piperidine rings is 2. The number of nitrogens with zero attached hydrogens (tertiary/aromatic N) is 2. The highest BCUT2D eigenvalue weighted by atomic mass is 16.5. The Bertz CT molecular complexity index is 341. The van der Waals surface area contributed by atoms with Crippen molar-refractivity contribution in [3.63, 3.8) is 0 Å². The van der Waals surface area contributed by atoms with Gasteiger partial charge < -0.3 is 9.47 Å². The van der Waals surface area contributed by atoms with Crippen molar-refractivity contribution in [1.82, 2.24) is 9.80 Å². The highest BCUT2D eigenvalue weighted by Gasteiger charge is 2.15. The van der Waals surface area contributed by atoms with Crippen molar-refractivity contribution < 1.29 is 19.1 Å². The van der Waals surface area contributed by atoms with E-state index in [0.29, 0.717) is 26.3 Å². The number of esters is 2. The van der Waals surface area contributed by atoms with Crippen LogP contribution in [0.1, 0.15) is 51.4 Å². The lowest BCUT2D eigenvalue weighted by molar-refractivity contribution is -0.147. The molecule has 2 aliphatic heterocycles. The number of hydrogen-bond donors (Lipinski definition) is 0. The molecule has 6 heteroatoms. The summed E-state index contributed by atoms with van der Waals surface area (Å²) in [6.07, 6.45) is 8.72. The molecule has 0 saturated carbocycles. The van der Waals surface area contributed by atoms with Crippen LogP contribution in [-0.4, -0.2) is 74.2 Å². The molecule has 24 heavy (non-hydrogen) atoms. The van der Waals surface area contributed by atoms with E-state index >= 15 is 0 Å². The third kappa shape index (κ3) is 8.11. The highest BCUT2D eigenvalue weighted by molar-refractivity contribution is 5.72. The van der Waals surface area contributed by atoms with Crippen LogP contribution in [0.25, 0.3) is 0 Å².